The van der Waals surface area contributed by atoms with Crippen molar-refractivity contribution in [1.29, 1.82) is 5.26 Å². The molecule has 18 heavy (non-hydrogen) atoms. The van der Waals surface area contributed by atoms with Crippen LogP contribution in [-0.4, -0.2) is 72.1 Å². The Balaban J connectivity index is 2.29. The van der Waals surface area contributed by atoms with Crippen LogP contribution in [0, 0.1) is 11.3 Å². The van der Waals surface area contributed by atoms with Gasteiger partial charge in [0.1, 0.15) is 12.6 Å². The molecule has 1 atom stereocenters. The molecule has 1 fully saturated rings. The standard InChI is InChI=1S/C11H18N4O3/c1-9(11(17)18)15-6-4-14(5-7-15)8-10(16)13-3-2-12/h9H,3-8H2,1H3,(H,13,16)(H,17,18). The number of hydrogen-bond donors (Lipinski definition) is 2. The minimum Gasteiger partial charge on any atom is -0.480 e. The lowest BCUT2D eigenvalue weighted by atomic mass is 10.2. The number of rotatable bonds is 5. The van der Waals surface area contributed by atoms with Crippen LogP contribution in [0.2, 0.25) is 0 Å². The topological polar surface area (TPSA) is 96.7 Å². The Morgan fingerprint density at radius 3 is 2.50 bits per heavy atom. The normalized spacial score (nSPS) is 18.9. The van der Waals surface area contributed by atoms with Gasteiger partial charge in [-0.15, -0.1) is 0 Å². The minimum absolute atomic E-state index is 0.0227. The first-order chi connectivity index (χ1) is 8.54. The quantitative estimate of drug-likeness (QED) is 0.593. The molecule has 7 heteroatoms. The number of piperazine rings is 1. The maximum absolute atomic E-state index is 11.4. The fourth-order valence-corrected chi connectivity index (χ4v) is 1.86. The molecule has 0 bridgehead atoms. The summed E-state index contributed by atoms with van der Waals surface area (Å²) in [6.45, 7) is 4.55. The Morgan fingerprint density at radius 2 is 2.00 bits per heavy atom. The third kappa shape index (κ3) is 4.31. The summed E-state index contributed by atoms with van der Waals surface area (Å²) in [6.07, 6.45) is 0. The highest BCUT2D eigenvalue weighted by atomic mass is 16.4. The van der Waals surface area contributed by atoms with Crippen molar-refractivity contribution in [3.63, 3.8) is 0 Å². The maximum Gasteiger partial charge on any atom is 0.320 e. The van der Waals surface area contributed by atoms with Crippen LogP contribution < -0.4 is 5.32 Å². The lowest BCUT2D eigenvalue weighted by molar-refractivity contribution is -0.143. The smallest absolute Gasteiger partial charge is 0.320 e. The number of amides is 1. The summed E-state index contributed by atoms with van der Waals surface area (Å²) in [6, 6.07) is 1.36. The second kappa shape index (κ2) is 6.93. The first-order valence-corrected chi connectivity index (χ1v) is 5.87. The zero-order chi connectivity index (χ0) is 13.5. The van der Waals surface area contributed by atoms with Crippen molar-refractivity contribution in [2.45, 2.75) is 13.0 Å². The summed E-state index contributed by atoms with van der Waals surface area (Å²) in [4.78, 5) is 26.0. The van der Waals surface area contributed by atoms with Crippen LogP contribution in [-0.2, 0) is 9.59 Å². The van der Waals surface area contributed by atoms with Crippen LogP contribution in [0.15, 0.2) is 0 Å². The monoisotopic (exact) mass is 254 g/mol. The molecule has 0 saturated carbocycles. The fraction of sp³-hybridized carbons (Fsp3) is 0.727. The van der Waals surface area contributed by atoms with Gasteiger partial charge in [0, 0.05) is 26.2 Å². The largest absolute Gasteiger partial charge is 0.480 e. The Labute approximate surface area is 106 Å². The molecular weight excluding hydrogens is 236 g/mol. The summed E-state index contributed by atoms with van der Waals surface area (Å²) in [5.41, 5.74) is 0. The van der Waals surface area contributed by atoms with E-state index in [2.05, 4.69) is 5.32 Å². The third-order valence-corrected chi connectivity index (χ3v) is 3.04. The van der Waals surface area contributed by atoms with Gasteiger partial charge in [0.2, 0.25) is 5.91 Å². The molecule has 1 aliphatic heterocycles. The average molecular weight is 254 g/mol. The van der Waals surface area contributed by atoms with Crippen molar-refractivity contribution < 1.29 is 14.7 Å². The molecule has 7 nitrogen and oxygen atoms in total. The van der Waals surface area contributed by atoms with E-state index >= 15 is 0 Å². The first kappa shape index (κ1) is 14.4. The van der Waals surface area contributed by atoms with E-state index in [-0.39, 0.29) is 19.0 Å². The molecule has 1 amide bonds. The third-order valence-electron chi connectivity index (χ3n) is 3.04. The Hall–Kier alpha value is -1.65. The highest BCUT2D eigenvalue weighted by molar-refractivity contribution is 5.78. The molecule has 0 aliphatic carbocycles. The van der Waals surface area contributed by atoms with Crippen molar-refractivity contribution in [2.24, 2.45) is 0 Å². The minimum atomic E-state index is -0.824. The number of nitriles is 1. The van der Waals surface area contributed by atoms with Gasteiger partial charge in [-0.25, -0.2) is 0 Å². The van der Waals surface area contributed by atoms with Crippen molar-refractivity contribution in [2.75, 3.05) is 39.3 Å². The number of carboxylic acid groups (broad SMARTS) is 1. The maximum atomic E-state index is 11.4. The fourth-order valence-electron chi connectivity index (χ4n) is 1.86. The molecule has 2 N–H and O–H groups in total. The van der Waals surface area contributed by atoms with Crippen molar-refractivity contribution in [1.82, 2.24) is 15.1 Å². The molecular formula is C11H18N4O3. The van der Waals surface area contributed by atoms with Crippen LogP contribution in [0.1, 0.15) is 6.92 Å². The molecule has 1 heterocycles. The number of nitrogens with zero attached hydrogens (tertiary/aromatic N) is 3. The molecule has 0 aromatic carbocycles. The highest BCUT2D eigenvalue weighted by Crippen LogP contribution is 2.06. The average Bonchev–Trinajstić information content (AvgIpc) is 2.36. The molecule has 1 aliphatic rings. The van der Waals surface area contributed by atoms with Gasteiger partial charge in [-0.1, -0.05) is 0 Å². The van der Waals surface area contributed by atoms with Gasteiger partial charge in [-0.2, -0.15) is 5.26 Å². The summed E-state index contributed by atoms with van der Waals surface area (Å²) < 4.78 is 0. The van der Waals surface area contributed by atoms with Crippen molar-refractivity contribution in [3.8, 4) is 6.07 Å². The Kier molecular flexibility index (Phi) is 5.55. The summed E-state index contributed by atoms with van der Waals surface area (Å²) >= 11 is 0. The van der Waals surface area contributed by atoms with Crippen molar-refractivity contribution in [3.05, 3.63) is 0 Å². The lowest BCUT2D eigenvalue weighted by Gasteiger charge is -2.36. The molecule has 0 spiro atoms. The number of carbonyl (C=O) groups excluding carboxylic acids is 1. The summed E-state index contributed by atoms with van der Waals surface area (Å²) in [5, 5.41) is 19.7. The van der Waals surface area contributed by atoms with E-state index in [0.29, 0.717) is 26.2 Å². The predicted octanol–water partition coefficient (Wildman–Crippen LogP) is -1.28. The zero-order valence-electron chi connectivity index (χ0n) is 10.4. The lowest BCUT2D eigenvalue weighted by Crippen LogP contribution is -2.53. The van der Waals surface area contributed by atoms with Crippen LogP contribution in [0.25, 0.3) is 0 Å². The summed E-state index contributed by atoms with van der Waals surface area (Å²) in [5.74, 6) is -0.994. The molecule has 100 valence electrons. The number of hydrogen-bond acceptors (Lipinski definition) is 5. The first-order valence-electron chi connectivity index (χ1n) is 5.87. The molecule has 1 rings (SSSR count). The van der Waals surface area contributed by atoms with E-state index in [1.807, 2.05) is 15.9 Å². The van der Waals surface area contributed by atoms with E-state index in [9.17, 15) is 9.59 Å². The highest BCUT2D eigenvalue weighted by Gasteiger charge is 2.25. The predicted molar refractivity (Wildman–Crippen MR) is 63.7 cm³/mol. The number of carbonyl (C=O) groups is 2. The Bertz CT molecular complexity index is 345. The van der Waals surface area contributed by atoms with Gasteiger partial charge in [-0.05, 0) is 6.92 Å². The number of carboxylic acids is 1. The zero-order valence-corrected chi connectivity index (χ0v) is 10.4. The second-order valence-electron chi connectivity index (χ2n) is 4.26. The van der Waals surface area contributed by atoms with Gasteiger partial charge in [0.05, 0.1) is 12.6 Å². The van der Waals surface area contributed by atoms with Crippen LogP contribution >= 0.6 is 0 Å². The number of aliphatic carboxylic acids is 1. The van der Waals surface area contributed by atoms with E-state index in [1.54, 1.807) is 6.92 Å². The van der Waals surface area contributed by atoms with Gasteiger partial charge < -0.3 is 10.4 Å². The molecule has 1 unspecified atom stereocenters. The second-order valence-corrected chi connectivity index (χ2v) is 4.26. The van der Waals surface area contributed by atoms with Crippen molar-refractivity contribution >= 4 is 11.9 Å². The van der Waals surface area contributed by atoms with E-state index in [4.69, 9.17) is 10.4 Å². The Morgan fingerprint density at radius 1 is 1.39 bits per heavy atom. The van der Waals surface area contributed by atoms with Gasteiger partial charge >= 0.3 is 5.97 Å². The van der Waals surface area contributed by atoms with Gasteiger partial charge in [-0.3, -0.25) is 19.4 Å². The molecule has 1 saturated heterocycles. The van der Waals surface area contributed by atoms with E-state index in [0.717, 1.165) is 0 Å². The SMILES string of the molecule is CC(C(=O)O)N1CCN(CC(=O)NCC#N)CC1. The summed E-state index contributed by atoms with van der Waals surface area (Å²) in [7, 11) is 0. The number of nitrogens with one attached hydrogen (secondary N) is 1. The van der Waals surface area contributed by atoms with Crippen LogP contribution in [0.3, 0.4) is 0 Å². The van der Waals surface area contributed by atoms with E-state index in [1.165, 1.54) is 0 Å². The molecule has 0 aromatic rings. The molecule has 0 radical (unpaired) electrons. The van der Waals surface area contributed by atoms with E-state index < -0.39 is 12.0 Å². The van der Waals surface area contributed by atoms with Crippen LogP contribution in [0.4, 0.5) is 0 Å². The molecule has 0 aromatic heterocycles. The van der Waals surface area contributed by atoms with Crippen LogP contribution in [0.5, 0.6) is 0 Å². The van der Waals surface area contributed by atoms with Gasteiger partial charge in [0.25, 0.3) is 0 Å². The van der Waals surface area contributed by atoms with Gasteiger partial charge in [0.15, 0.2) is 0 Å².